The Morgan fingerprint density at radius 3 is 2.79 bits per heavy atom. The molecule has 14 heavy (non-hydrogen) atoms. The van der Waals surface area contributed by atoms with E-state index in [9.17, 15) is 4.79 Å². The quantitative estimate of drug-likeness (QED) is 0.702. The highest BCUT2D eigenvalue weighted by Gasteiger charge is 2.13. The second kappa shape index (κ2) is 3.55. The minimum atomic E-state index is -0.778. The van der Waals surface area contributed by atoms with E-state index < -0.39 is 5.24 Å². The maximum atomic E-state index is 10.6. The van der Waals surface area contributed by atoms with Crippen LogP contribution in [0.15, 0.2) is 28.8 Å². The van der Waals surface area contributed by atoms with Crippen molar-refractivity contribution in [2.24, 2.45) is 0 Å². The van der Waals surface area contributed by atoms with Gasteiger partial charge in [-0.25, -0.2) is 0 Å². The second-order valence-corrected chi connectivity index (χ2v) is 2.74. The number of hydrogen-bond acceptors (Lipinski definition) is 5. The molecule has 2 rings (SSSR count). The number of nitrogens with zero attached hydrogens (tertiary/aromatic N) is 3. The normalized spacial score (nSPS) is 10.1. The Kier molecular flexibility index (Phi) is 2.24. The number of rotatable bonds is 2. The standard InChI is InChI=1S/C8H4ClN3O2/c9-6(13)8-12-11-7(14-8)5-3-1-2-4-10-5/h1-4H. The summed E-state index contributed by atoms with van der Waals surface area (Å²) in [5, 5.41) is 6.30. The fourth-order valence-corrected chi connectivity index (χ4v) is 0.972. The number of hydrogen-bond donors (Lipinski definition) is 0. The summed E-state index contributed by atoms with van der Waals surface area (Å²) < 4.78 is 4.96. The van der Waals surface area contributed by atoms with Crippen LogP contribution in [0.3, 0.4) is 0 Å². The molecule has 0 N–H and O–H groups in total. The van der Waals surface area contributed by atoms with Gasteiger partial charge in [-0.15, -0.1) is 10.2 Å². The number of pyridine rings is 1. The van der Waals surface area contributed by atoms with Crippen molar-refractivity contribution in [1.82, 2.24) is 15.2 Å². The molecule has 6 heteroatoms. The van der Waals surface area contributed by atoms with E-state index in [4.69, 9.17) is 16.0 Å². The van der Waals surface area contributed by atoms with Crippen LogP contribution in [0.25, 0.3) is 11.6 Å². The molecule has 2 heterocycles. The van der Waals surface area contributed by atoms with Gasteiger partial charge in [-0.05, 0) is 23.7 Å². The molecule has 0 unspecified atom stereocenters. The summed E-state index contributed by atoms with van der Waals surface area (Å²) in [4.78, 5) is 14.6. The molecule has 0 aliphatic heterocycles. The highest BCUT2D eigenvalue weighted by molar-refractivity contribution is 6.67. The molecule has 0 bridgehead atoms. The molecule has 0 radical (unpaired) electrons. The topological polar surface area (TPSA) is 68.9 Å². The van der Waals surface area contributed by atoms with Gasteiger partial charge < -0.3 is 4.42 Å². The van der Waals surface area contributed by atoms with Crippen LogP contribution in [0.2, 0.25) is 0 Å². The maximum Gasteiger partial charge on any atom is 0.309 e. The minimum absolute atomic E-state index is 0.176. The van der Waals surface area contributed by atoms with Gasteiger partial charge in [0.25, 0.3) is 5.89 Å². The molecule has 0 spiro atoms. The van der Waals surface area contributed by atoms with Crippen molar-refractivity contribution in [3.63, 3.8) is 0 Å². The molecule has 0 atom stereocenters. The van der Waals surface area contributed by atoms with Crippen molar-refractivity contribution in [2.75, 3.05) is 0 Å². The third-order valence-electron chi connectivity index (χ3n) is 1.48. The van der Waals surface area contributed by atoms with E-state index in [2.05, 4.69) is 15.2 Å². The van der Waals surface area contributed by atoms with Crippen molar-refractivity contribution in [2.45, 2.75) is 0 Å². The van der Waals surface area contributed by atoms with Crippen molar-refractivity contribution in [1.29, 1.82) is 0 Å². The maximum absolute atomic E-state index is 10.6. The van der Waals surface area contributed by atoms with Gasteiger partial charge in [-0.3, -0.25) is 9.78 Å². The van der Waals surface area contributed by atoms with Crippen LogP contribution >= 0.6 is 11.6 Å². The van der Waals surface area contributed by atoms with Crippen molar-refractivity contribution in [3.8, 4) is 11.6 Å². The van der Waals surface area contributed by atoms with Gasteiger partial charge >= 0.3 is 11.1 Å². The summed E-state index contributed by atoms with van der Waals surface area (Å²) in [5.74, 6) is -0.0538. The SMILES string of the molecule is O=C(Cl)c1nnc(-c2ccccn2)o1. The molecule has 0 aliphatic carbocycles. The third kappa shape index (κ3) is 1.62. The van der Waals surface area contributed by atoms with Crippen molar-refractivity contribution in [3.05, 3.63) is 30.3 Å². The molecule has 0 aliphatic rings. The van der Waals surface area contributed by atoms with Gasteiger partial charge in [-0.2, -0.15) is 0 Å². The summed E-state index contributed by atoms with van der Waals surface area (Å²) in [6, 6.07) is 5.22. The summed E-state index contributed by atoms with van der Waals surface area (Å²) in [6.07, 6.45) is 1.59. The van der Waals surface area contributed by atoms with Crippen LogP contribution < -0.4 is 0 Å². The highest BCUT2D eigenvalue weighted by Crippen LogP contribution is 2.14. The molecule has 0 amide bonds. The Hall–Kier alpha value is -1.75. The summed E-state index contributed by atoms with van der Waals surface area (Å²) in [7, 11) is 0. The lowest BCUT2D eigenvalue weighted by Crippen LogP contribution is -1.86. The first-order chi connectivity index (χ1) is 6.77. The van der Waals surface area contributed by atoms with Gasteiger partial charge in [0.1, 0.15) is 5.69 Å². The number of carbonyl (C=O) groups excluding carboxylic acids is 1. The van der Waals surface area contributed by atoms with Gasteiger partial charge in [0.2, 0.25) is 0 Å². The second-order valence-electron chi connectivity index (χ2n) is 2.40. The monoisotopic (exact) mass is 209 g/mol. The number of halogens is 1. The lowest BCUT2D eigenvalue weighted by molar-refractivity contribution is 0.105. The van der Waals surface area contributed by atoms with E-state index in [0.29, 0.717) is 5.69 Å². The van der Waals surface area contributed by atoms with E-state index in [1.165, 1.54) is 0 Å². The van der Waals surface area contributed by atoms with E-state index in [1.54, 1.807) is 24.4 Å². The van der Waals surface area contributed by atoms with E-state index >= 15 is 0 Å². The molecule has 5 nitrogen and oxygen atoms in total. The molecule has 0 saturated carbocycles. The fourth-order valence-electron chi connectivity index (χ4n) is 0.895. The Morgan fingerprint density at radius 1 is 1.36 bits per heavy atom. The largest absolute Gasteiger partial charge is 0.411 e. The fraction of sp³-hybridized carbons (Fsp3) is 0. The van der Waals surface area contributed by atoms with Gasteiger partial charge in [0.05, 0.1) is 0 Å². The lowest BCUT2D eigenvalue weighted by Gasteiger charge is -1.89. The molecular weight excluding hydrogens is 206 g/mol. The van der Waals surface area contributed by atoms with Crippen LogP contribution in [0, 0.1) is 0 Å². The predicted molar refractivity (Wildman–Crippen MR) is 47.7 cm³/mol. The molecule has 2 aromatic heterocycles. The molecule has 0 fully saturated rings. The van der Waals surface area contributed by atoms with Gasteiger partial charge in [0.15, 0.2) is 0 Å². The lowest BCUT2D eigenvalue weighted by atomic mass is 10.3. The molecule has 0 saturated heterocycles. The highest BCUT2D eigenvalue weighted by atomic mass is 35.5. The average molecular weight is 210 g/mol. The van der Waals surface area contributed by atoms with Crippen LogP contribution in [-0.2, 0) is 0 Å². The zero-order valence-corrected chi connectivity index (χ0v) is 7.60. The van der Waals surface area contributed by atoms with Crippen molar-refractivity contribution < 1.29 is 9.21 Å². The van der Waals surface area contributed by atoms with Gasteiger partial charge in [-0.1, -0.05) is 6.07 Å². The average Bonchev–Trinajstić information content (AvgIpc) is 2.68. The van der Waals surface area contributed by atoms with Crippen molar-refractivity contribution >= 4 is 16.8 Å². The summed E-state index contributed by atoms with van der Waals surface area (Å²) >= 11 is 5.15. The van der Waals surface area contributed by atoms with Crippen LogP contribution in [0.1, 0.15) is 10.7 Å². The van der Waals surface area contributed by atoms with E-state index in [0.717, 1.165) is 0 Å². The third-order valence-corrected chi connectivity index (χ3v) is 1.64. The zero-order valence-electron chi connectivity index (χ0n) is 6.85. The first kappa shape index (κ1) is 8.83. The smallest absolute Gasteiger partial charge is 0.309 e. The molecule has 0 aromatic carbocycles. The summed E-state index contributed by atoms with van der Waals surface area (Å²) in [5.41, 5.74) is 0.504. The Morgan fingerprint density at radius 2 is 2.21 bits per heavy atom. The molecular formula is C8H4ClN3O2. The Bertz CT molecular complexity index is 455. The Balaban J connectivity index is 2.39. The number of aromatic nitrogens is 3. The molecule has 70 valence electrons. The molecule has 2 aromatic rings. The Labute approximate surface area is 83.7 Å². The minimum Gasteiger partial charge on any atom is -0.411 e. The van der Waals surface area contributed by atoms with E-state index in [1.807, 2.05) is 0 Å². The van der Waals surface area contributed by atoms with Gasteiger partial charge in [0, 0.05) is 6.20 Å². The number of carbonyl (C=O) groups is 1. The van der Waals surface area contributed by atoms with Crippen LogP contribution in [-0.4, -0.2) is 20.4 Å². The van der Waals surface area contributed by atoms with Crippen LogP contribution in [0.4, 0.5) is 0 Å². The van der Waals surface area contributed by atoms with E-state index in [-0.39, 0.29) is 11.8 Å². The summed E-state index contributed by atoms with van der Waals surface area (Å²) in [6.45, 7) is 0. The first-order valence-corrected chi connectivity index (χ1v) is 4.10. The first-order valence-electron chi connectivity index (χ1n) is 3.72. The predicted octanol–water partition coefficient (Wildman–Crippen LogP) is 1.51. The zero-order chi connectivity index (χ0) is 9.97. The van der Waals surface area contributed by atoms with Crippen LogP contribution in [0.5, 0.6) is 0 Å².